The van der Waals surface area contributed by atoms with Gasteiger partial charge in [-0.3, -0.25) is 0 Å². The Balaban J connectivity index is 2.26. The van der Waals surface area contributed by atoms with Crippen molar-refractivity contribution in [1.29, 1.82) is 0 Å². The van der Waals surface area contributed by atoms with E-state index in [2.05, 4.69) is 33.9 Å². The molecule has 1 N–H and O–H groups in total. The summed E-state index contributed by atoms with van der Waals surface area (Å²) in [6, 6.07) is 0.161. The molecule has 0 saturated carbocycles. The minimum absolute atomic E-state index is 0.161. The van der Waals surface area contributed by atoms with E-state index in [0.29, 0.717) is 5.95 Å². The van der Waals surface area contributed by atoms with Crippen LogP contribution in [0.1, 0.15) is 38.1 Å². The van der Waals surface area contributed by atoms with Crippen LogP contribution in [0.4, 0.5) is 5.95 Å². The van der Waals surface area contributed by atoms with Gasteiger partial charge < -0.3 is 10.0 Å². The molecule has 1 fully saturated rings. The summed E-state index contributed by atoms with van der Waals surface area (Å²) in [5, 5.41) is 17.7. The van der Waals surface area contributed by atoms with Gasteiger partial charge >= 0.3 is 0 Å². The van der Waals surface area contributed by atoms with Crippen molar-refractivity contribution in [3.63, 3.8) is 0 Å². The molecule has 0 radical (unpaired) electrons. The van der Waals surface area contributed by atoms with Gasteiger partial charge in [-0.1, -0.05) is 13.8 Å². The van der Waals surface area contributed by atoms with Crippen molar-refractivity contribution >= 4 is 5.95 Å². The van der Waals surface area contributed by atoms with Crippen LogP contribution in [0.25, 0.3) is 0 Å². The van der Waals surface area contributed by atoms with Crippen LogP contribution >= 0.6 is 0 Å². The highest BCUT2D eigenvalue weighted by Crippen LogP contribution is 2.22. The van der Waals surface area contributed by atoms with Gasteiger partial charge in [0.15, 0.2) is 0 Å². The molecule has 0 spiro atoms. The Kier molecular flexibility index (Phi) is 3.89. The van der Waals surface area contributed by atoms with Crippen molar-refractivity contribution in [2.45, 2.75) is 45.6 Å². The molecule has 0 bridgehead atoms. The number of hydrogen-bond acceptors (Lipinski definition) is 5. The van der Waals surface area contributed by atoms with Crippen LogP contribution in [0, 0.1) is 0 Å². The largest absolute Gasteiger partial charge is 0.394 e. The fourth-order valence-corrected chi connectivity index (χ4v) is 2.34. The second-order valence-electron chi connectivity index (χ2n) is 4.38. The molecule has 5 heteroatoms. The molecule has 1 aliphatic heterocycles. The number of aryl methyl sites for hydroxylation is 2. The number of hydrogen-bond donors (Lipinski definition) is 1. The first kappa shape index (κ1) is 12.2. The lowest BCUT2D eigenvalue weighted by Crippen LogP contribution is -2.34. The summed E-state index contributed by atoms with van der Waals surface area (Å²) in [6.07, 6.45) is 3.85. The van der Waals surface area contributed by atoms with E-state index in [1.165, 1.54) is 0 Å². The maximum Gasteiger partial charge on any atom is 0.245 e. The Bertz CT molecular complexity index is 383. The van der Waals surface area contributed by atoms with E-state index in [1.54, 1.807) is 0 Å². The minimum atomic E-state index is 0.161. The standard InChI is InChI=1S/C12H20N4O/c1-3-10-11(4-2)14-15-12(13-10)16-7-5-6-9(16)8-17/h9,17H,3-8H2,1-2H3. The van der Waals surface area contributed by atoms with Gasteiger partial charge in [0.05, 0.1) is 24.0 Å². The summed E-state index contributed by atoms with van der Waals surface area (Å²) < 4.78 is 0. The van der Waals surface area contributed by atoms with E-state index in [9.17, 15) is 5.11 Å². The fraction of sp³-hybridized carbons (Fsp3) is 0.750. The summed E-state index contributed by atoms with van der Waals surface area (Å²) >= 11 is 0. The lowest BCUT2D eigenvalue weighted by atomic mass is 10.2. The molecule has 1 aromatic heterocycles. The molecule has 0 aromatic carbocycles. The third-order valence-corrected chi connectivity index (χ3v) is 3.34. The fourth-order valence-electron chi connectivity index (χ4n) is 2.34. The van der Waals surface area contributed by atoms with Crippen LogP contribution in [0.3, 0.4) is 0 Å². The number of nitrogens with zero attached hydrogens (tertiary/aromatic N) is 4. The van der Waals surface area contributed by atoms with E-state index < -0.39 is 0 Å². The van der Waals surface area contributed by atoms with Gasteiger partial charge in [-0.05, 0) is 25.7 Å². The molecule has 0 aliphatic carbocycles. The average Bonchev–Trinajstić information content (AvgIpc) is 2.86. The third kappa shape index (κ3) is 2.39. The highest BCUT2D eigenvalue weighted by molar-refractivity contribution is 5.33. The maximum absolute atomic E-state index is 9.31. The number of anilines is 1. The summed E-state index contributed by atoms with van der Waals surface area (Å²) in [5.41, 5.74) is 2.01. The van der Waals surface area contributed by atoms with E-state index in [4.69, 9.17) is 0 Å². The van der Waals surface area contributed by atoms with E-state index in [1.807, 2.05) is 0 Å². The Labute approximate surface area is 102 Å². The Morgan fingerprint density at radius 1 is 1.24 bits per heavy atom. The molecule has 5 nitrogen and oxygen atoms in total. The Morgan fingerprint density at radius 2 is 2.00 bits per heavy atom. The van der Waals surface area contributed by atoms with Crippen LogP contribution in [0.5, 0.6) is 0 Å². The topological polar surface area (TPSA) is 62.1 Å². The zero-order chi connectivity index (χ0) is 12.3. The minimum Gasteiger partial charge on any atom is -0.394 e. The second kappa shape index (κ2) is 5.40. The van der Waals surface area contributed by atoms with Crippen LogP contribution in [-0.2, 0) is 12.8 Å². The summed E-state index contributed by atoms with van der Waals surface area (Å²) in [6.45, 7) is 5.24. The van der Waals surface area contributed by atoms with Gasteiger partial charge in [0.1, 0.15) is 0 Å². The molecule has 1 saturated heterocycles. The predicted molar refractivity (Wildman–Crippen MR) is 66.0 cm³/mol. The van der Waals surface area contributed by atoms with E-state index in [-0.39, 0.29) is 12.6 Å². The predicted octanol–water partition coefficient (Wildman–Crippen LogP) is 0.957. The first-order chi connectivity index (χ1) is 8.30. The Morgan fingerprint density at radius 3 is 2.65 bits per heavy atom. The summed E-state index contributed by atoms with van der Waals surface area (Å²) in [7, 11) is 0. The number of rotatable bonds is 4. The molecule has 2 rings (SSSR count). The summed E-state index contributed by atoms with van der Waals surface area (Å²) in [4.78, 5) is 6.66. The van der Waals surface area contributed by atoms with Crippen LogP contribution in [0.15, 0.2) is 0 Å². The highest BCUT2D eigenvalue weighted by Gasteiger charge is 2.26. The summed E-state index contributed by atoms with van der Waals surface area (Å²) in [5.74, 6) is 0.676. The molecule has 1 atom stereocenters. The molecular formula is C12H20N4O. The molecule has 1 aromatic rings. The number of aromatic nitrogens is 3. The monoisotopic (exact) mass is 236 g/mol. The second-order valence-corrected chi connectivity index (χ2v) is 4.38. The van der Waals surface area contributed by atoms with Crippen molar-refractivity contribution in [1.82, 2.24) is 15.2 Å². The third-order valence-electron chi connectivity index (χ3n) is 3.34. The molecule has 0 amide bonds. The van der Waals surface area contributed by atoms with Crippen molar-refractivity contribution in [2.24, 2.45) is 0 Å². The van der Waals surface area contributed by atoms with Crippen molar-refractivity contribution < 1.29 is 5.11 Å². The maximum atomic E-state index is 9.31. The van der Waals surface area contributed by atoms with Gasteiger partial charge in [0, 0.05) is 6.54 Å². The van der Waals surface area contributed by atoms with Crippen LogP contribution < -0.4 is 4.90 Å². The zero-order valence-corrected chi connectivity index (χ0v) is 10.6. The number of aliphatic hydroxyl groups is 1. The lowest BCUT2D eigenvalue weighted by Gasteiger charge is -2.22. The molecule has 1 unspecified atom stereocenters. The highest BCUT2D eigenvalue weighted by atomic mass is 16.3. The van der Waals surface area contributed by atoms with Gasteiger partial charge in [-0.15, -0.1) is 5.10 Å². The van der Waals surface area contributed by atoms with Crippen LogP contribution in [-0.4, -0.2) is 39.5 Å². The quantitative estimate of drug-likeness (QED) is 0.843. The van der Waals surface area contributed by atoms with Gasteiger partial charge in [0.25, 0.3) is 0 Å². The van der Waals surface area contributed by atoms with Gasteiger partial charge in [0.2, 0.25) is 5.95 Å². The number of aliphatic hydroxyl groups excluding tert-OH is 1. The Hall–Kier alpha value is -1.23. The van der Waals surface area contributed by atoms with Gasteiger partial charge in [-0.25, -0.2) is 4.98 Å². The first-order valence-electron chi connectivity index (χ1n) is 6.40. The average molecular weight is 236 g/mol. The lowest BCUT2D eigenvalue weighted by molar-refractivity contribution is 0.265. The molecule has 17 heavy (non-hydrogen) atoms. The zero-order valence-electron chi connectivity index (χ0n) is 10.6. The smallest absolute Gasteiger partial charge is 0.245 e. The molecular weight excluding hydrogens is 216 g/mol. The van der Waals surface area contributed by atoms with Crippen molar-refractivity contribution in [2.75, 3.05) is 18.1 Å². The van der Waals surface area contributed by atoms with Crippen molar-refractivity contribution in [3.8, 4) is 0 Å². The molecule has 94 valence electrons. The van der Waals surface area contributed by atoms with E-state index in [0.717, 1.165) is 43.6 Å². The van der Waals surface area contributed by atoms with E-state index >= 15 is 0 Å². The van der Waals surface area contributed by atoms with Crippen molar-refractivity contribution in [3.05, 3.63) is 11.4 Å². The van der Waals surface area contributed by atoms with Gasteiger partial charge in [-0.2, -0.15) is 5.10 Å². The first-order valence-corrected chi connectivity index (χ1v) is 6.40. The normalized spacial score (nSPS) is 19.9. The van der Waals surface area contributed by atoms with Crippen LogP contribution in [0.2, 0.25) is 0 Å². The molecule has 2 heterocycles. The molecule has 1 aliphatic rings. The SMILES string of the molecule is CCc1nnc(N2CCCC2CO)nc1CC.